The molecule has 0 aliphatic carbocycles. The van der Waals surface area contributed by atoms with E-state index in [4.69, 9.17) is 17.0 Å². The van der Waals surface area contributed by atoms with Crippen LogP contribution in [0.4, 0.5) is 5.69 Å². The number of nitro benzene ring substituents is 1. The van der Waals surface area contributed by atoms with E-state index in [0.717, 1.165) is 19.6 Å². The molecule has 0 spiro atoms. The molecule has 2 heterocycles. The van der Waals surface area contributed by atoms with Crippen molar-refractivity contribution in [3.63, 3.8) is 0 Å². The maximum absolute atomic E-state index is 12.6. The van der Waals surface area contributed by atoms with Gasteiger partial charge in [-0.3, -0.25) is 24.7 Å². The maximum atomic E-state index is 12.6. The van der Waals surface area contributed by atoms with Crippen molar-refractivity contribution in [2.75, 3.05) is 39.4 Å². The number of hydrogen-bond donors (Lipinski definition) is 0. The lowest BCUT2D eigenvalue weighted by Crippen LogP contribution is -2.42. The highest BCUT2D eigenvalue weighted by Crippen LogP contribution is 2.32. The Morgan fingerprint density at radius 3 is 2.80 bits per heavy atom. The van der Waals surface area contributed by atoms with Crippen LogP contribution in [0.1, 0.15) is 5.56 Å². The molecule has 0 radical (unpaired) electrons. The predicted octanol–water partition coefficient (Wildman–Crippen LogP) is 2.13. The second-order valence-corrected chi connectivity index (χ2v) is 7.32. The van der Waals surface area contributed by atoms with Crippen LogP contribution in [-0.2, 0) is 9.53 Å². The molecular formula is C16H17N3O4S2. The standard InChI is InChI=1S/C16H17N3O4S2/c20-15-14(11-12-2-1-3-13(10-12)19(21)22)25-16(24)18(15)5-4-17-6-8-23-9-7-17/h1-3,10-11H,4-9H2/b14-11-. The van der Waals surface area contributed by atoms with Gasteiger partial charge in [0.2, 0.25) is 0 Å². The van der Waals surface area contributed by atoms with Crippen molar-refractivity contribution >= 4 is 46.0 Å². The molecule has 2 aliphatic rings. The highest BCUT2D eigenvalue weighted by Gasteiger charge is 2.32. The van der Waals surface area contributed by atoms with Gasteiger partial charge in [-0.15, -0.1) is 0 Å². The molecule has 2 fully saturated rings. The van der Waals surface area contributed by atoms with E-state index in [1.165, 1.54) is 23.9 Å². The zero-order valence-corrected chi connectivity index (χ0v) is 15.1. The third-order valence-corrected chi connectivity index (χ3v) is 5.37. The molecule has 0 aromatic heterocycles. The number of ether oxygens (including phenoxy) is 1. The van der Waals surface area contributed by atoms with Gasteiger partial charge in [-0.2, -0.15) is 0 Å². The van der Waals surface area contributed by atoms with Crippen molar-refractivity contribution in [2.24, 2.45) is 0 Å². The number of carbonyl (C=O) groups is 1. The number of carbonyl (C=O) groups excluding carboxylic acids is 1. The van der Waals surface area contributed by atoms with Crippen molar-refractivity contribution in [1.82, 2.24) is 9.80 Å². The van der Waals surface area contributed by atoms with Crippen LogP contribution >= 0.6 is 24.0 Å². The Balaban J connectivity index is 1.67. The maximum Gasteiger partial charge on any atom is 0.270 e. The van der Waals surface area contributed by atoms with E-state index < -0.39 is 4.92 Å². The minimum absolute atomic E-state index is 0.00320. The Morgan fingerprint density at radius 2 is 2.08 bits per heavy atom. The first-order chi connectivity index (χ1) is 12.0. The number of thioether (sulfide) groups is 1. The molecule has 3 rings (SSSR count). The molecular weight excluding hydrogens is 362 g/mol. The zero-order chi connectivity index (χ0) is 17.8. The molecule has 7 nitrogen and oxygen atoms in total. The van der Waals surface area contributed by atoms with Gasteiger partial charge in [0, 0.05) is 38.3 Å². The largest absolute Gasteiger partial charge is 0.379 e. The number of morpholine rings is 1. The number of rotatable bonds is 5. The fraction of sp³-hybridized carbons (Fsp3) is 0.375. The van der Waals surface area contributed by atoms with Crippen LogP contribution in [0.3, 0.4) is 0 Å². The van der Waals surface area contributed by atoms with E-state index in [-0.39, 0.29) is 11.6 Å². The third-order valence-electron chi connectivity index (χ3n) is 4.00. The molecule has 1 aromatic carbocycles. The number of non-ortho nitro benzene ring substituents is 1. The van der Waals surface area contributed by atoms with Gasteiger partial charge in [0.05, 0.1) is 23.0 Å². The van der Waals surface area contributed by atoms with E-state index in [1.807, 2.05) is 0 Å². The number of benzene rings is 1. The molecule has 1 aromatic rings. The SMILES string of the molecule is O=C1/C(=C/c2cccc([N+](=O)[O-])c2)SC(=S)N1CCN1CCOCC1. The van der Waals surface area contributed by atoms with Gasteiger partial charge in [0.25, 0.3) is 11.6 Å². The Morgan fingerprint density at radius 1 is 1.32 bits per heavy atom. The van der Waals surface area contributed by atoms with Gasteiger partial charge in [0.15, 0.2) is 0 Å². The molecule has 0 unspecified atom stereocenters. The fourth-order valence-electron chi connectivity index (χ4n) is 2.64. The van der Waals surface area contributed by atoms with E-state index in [9.17, 15) is 14.9 Å². The van der Waals surface area contributed by atoms with Crippen LogP contribution in [0.25, 0.3) is 6.08 Å². The molecule has 0 atom stereocenters. The topological polar surface area (TPSA) is 75.9 Å². The summed E-state index contributed by atoms with van der Waals surface area (Å²) >= 11 is 6.55. The second kappa shape index (κ2) is 8.05. The number of nitro groups is 1. The van der Waals surface area contributed by atoms with Crippen molar-refractivity contribution < 1.29 is 14.5 Å². The number of thiocarbonyl (C=S) groups is 1. The second-order valence-electron chi connectivity index (χ2n) is 5.64. The molecule has 2 aliphatic heterocycles. The number of nitrogens with zero attached hydrogens (tertiary/aromatic N) is 3. The summed E-state index contributed by atoms with van der Waals surface area (Å²) in [5.41, 5.74) is 0.611. The van der Waals surface area contributed by atoms with Gasteiger partial charge in [-0.1, -0.05) is 36.1 Å². The smallest absolute Gasteiger partial charge is 0.270 e. The normalized spacial score (nSPS) is 20.5. The minimum atomic E-state index is -0.453. The van der Waals surface area contributed by atoms with Gasteiger partial charge in [0.1, 0.15) is 4.32 Å². The van der Waals surface area contributed by atoms with Crippen LogP contribution < -0.4 is 0 Å². The van der Waals surface area contributed by atoms with E-state index in [1.54, 1.807) is 23.1 Å². The van der Waals surface area contributed by atoms with Crippen LogP contribution in [0.5, 0.6) is 0 Å². The van der Waals surface area contributed by atoms with Crippen molar-refractivity contribution in [3.8, 4) is 0 Å². The van der Waals surface area contributed by atoms with Crippen LogP contribution in [-0.4, -0.2) is 64.3 Å². The summed E-state index contributed by atoms with van der Waals surface area (Å²) in [6.45, 7) is 4.43. The average molecular weight is 379 g/mol. The predicted molar refractivity (Wildman–Crippen MR) is 100 cm³/mol. The van der Waals surface area contributed by atoms with Crippen molar-refractivity contribution in [1.29, 1.82) is 0 Å². The molecule has 0 N–H and O–H groups in total. The molecule has 1 amide bonds. The van der Waals surface area contributed by atoms with Crippen molar-refractivity contribution in [3.05, 3.63) is 44.8 Å². The van der Waals surface area contributed by atoms with Gasteiger partial charge < -0.3 is 4.74 Å². The van der Waals surface area contributed by atoms with E-state index >= 15 is 0 Å². The molecule has 132 valence electrons. The van der Waals surface area contributed by atoms with E-state index in [2.05, 4.69) is 4.90 Å². The number of hydrogen-bond acceptors (Lipinski definition) is 7. The molecule has 25 heavy (non-hydrogen) atoms. The Hall–Kier alpha value is -1.81. The minimum Gasteiger partial charge on any atom is -0.379 e. The molecule has 9 heteroatoms. The monoisotopic (exact) mass is 379 g/mol. The lowest BCUT2D eigenvalue weighted by Gasteiger charge is -2.28. The Labute approximate surface area is 154 Å². The quantitative estimate of drug-likeness (QED) is 0.336. The summed E-state index contributed by atoms with van der Waals surface area (Å²) in [4.78, 5) is 27.3. The summed E-state index contributed by atoms with van der Waals surface area (Å²) in [5.74, 6) is -0.144. The summed E-state index contributed by atoms with van der Waals surface area (Å²) in [7, 11) is 0. The van der Waals surface area contributed by atoms with Crippen LogP contribution in [0.15, 0.2) is 29.2 Å². The van der Waals surface area contributed by atoms with Crippen LogP contribution in [0.2, 0.25) is 0 Å². The highest BCUT2D eigenvalue weighted by atomic mass is 32.2. The third kappa shape index (κ3) is 4.43. The fourth-order valence-corrected chi connectivity index (χ4v) is 3.95. The Kier molecular flexibility index (Phi) is 5.79. The van der Waals surface area contributed by atoms with Gasteiger partial charge in [-0.05, 0) is 11.6 Å². The molecule has 0 saturated carbocycles. The first kappa shape index (κ1) is 18.0. The van der Waals surface area contributed by atoms with Gasteiger partial charge in [-0.25, -0.2) is 0 Å². The molecule has 0 bridgehead atoms. The first-order valence-electron chi connectivity index (χ1n) is 7.84. The van der Waals surface area contributed by atoms with Gasteiger partial charge >= 0.3 is 0 Å². The number of amides is 1. The Bertz CT molecular complexity index is 732. The summed E-state index contributed by atoms with van der Waals surface area (Å²) in [6, 6.07) is 6.20. The molecule has 2 saturated heterocycles. The summed E-state index contributed by atoms with van der Waals surface area (Å²) in [5, 5.41) is 10.9. The van der Waals surface area contributed by atoms with Crippen LogP contribution in [0, 0.1) is 10.1 Å². The summed E-state index contributed by atoms with van der Waals surface area (Å²) in [6.07, 6.45) is 1.65. The first-order valence-corrected chi connectivity index (χ1v) is 9.07. The van der Waals surface area contributed by atoms with E-state index in [0.29, 0.717) is 34.5 Å². The summed E-state index contributed by atoms with van der Waals surface area (Å²) < 4.78 is 5.84. The zero-order valence-electron chi connectivity index (χ0n) is 13.4. The van der Waals surface area contributed by atoms with Crippen molar-refractivity contribution in [2.45, 2.75) is 0 Å². The lowest BCUT2D eigenvalue weighted by molar-refractivity contribution is -0.384. The average Bonchev–Trinajstić information content (AvgIpc) is 2.87. The highest BCUT2D eigenvalue weighted by molar-refractivity contribution is 8.26. The lowest BCUT2D eigenvalue weighted by atomic mass is 10.2.